The van der Waals surface area contributed by atoms with Crippen LogP contribution in [0.2, 0.25) is 0 Å². The number of nitrogens with zero attached hydrogens (tertiary/aromatic N) is 4. The van der Waals surface area contributed by atoms with Crippen LogP contribution in [0.3, 0.4) is 0 Å². The summed E-state index contributed by atoms with van der Waals surface area (Å²) in [5.41, 5.74) is 0.953. The average molecular weight is 425 g/mol. The second kappa shape index (κ2) is 11.3. The Balaban J connectivity index is 1.84. The van der Waals surface area contributed by atoms with Crippen molar-refractivity contribution >= 4 is 17.6 Å². The lowest BCUT2D eigenvalue weighted by molar-refractivity contribution is -0.124. The van der Waals surface area contributed by atoms with Crippen LogP contribution >= 0.6 is 0 Å². The van der Waals surface area contributed by atoms with Gasteiger partial charge in [-0.2, -0.15) is 0 Å². The molecule has 0 radical (unpaired) electrons. The lowest BCUT2D eigenvalue weighted by Crippen LogP contribution is -2.40. The molecule has 0 aromatic heterocycles. The molecule has 1 heterocycles. The van der Waals surface area contributed by atoms with E-state index in [1.54, 1.807) is 12.0 Å². The molecule has 1 saturated carbocycles. The van der Waals surface area contributed by atoms with Gasteiger partial charge in [-0.25, -0.2) is 4.99 Å². The monoisotopic (exact) mass is 424 g/mol. The number of benzene rings is 1. The molecule has 0 unspecified atom stereocenters. The number of aliphatic imine (C=N–C) groups is 1. The standard InChI is InChI=1S/C24H32N4O3/c1-27(20-10-6-5-7-11-20)22-12-8-3-4-9-17-28(24(29)23(25-22)26-30)18-19-13-15-21(31-2)16-14-19/h3-4,8-9,13-16,20,30H,5-7,10-12,17-18H2,1-2H3/b8-3-,9-4-,25-22?,26-23+. The van der Waals surface area contributed by atoms with Crippen molar-refractivity contribution in [3.8, 4) is 5.75 Å². The van der Waals surface area contributed by atoms with Crippen molar-refractivity contribution in [2.24, 2.45) is 10.1 Å². The topological polar surface area (TPSA) is 77.7 Å². The van der Waals surface area contributed by atoms with Crippen molar-refractivity contribution < 1.29 is 14.7 Å². The minimum atomic E-state index is -0.403. The summed E-state index contributed by atoms with van der Waals surface area (Å²) in [7, 11) is 3.64. The molecule has 1 fully saturated rings. The number of carbonyl (C=O) groups is 1. The van der Waals surface area contributed by atoms with Gasteiger partial charge < -0.3 is 19.7 Å². The number of allylic oxidation sites excluding steroid dienone is 2. The van der Waals surface area contributed by atoms with Crippen LogP contribution in [0.4, 0.5) is 0 Å². The second-order valence-electron chi connectivity index (χ2n) is 7.95. The predicted octanol–water partition coefficient (Wildman–Crippen LogP) is 3.99. The molecule has 0 saturated heterocycles. The highest BCUT2D eigenvalue weighted by Crippen LogP contribution is 2.23. The van der Waals surface area contributed by atoms with Crippen molar-refractivity contribution in [2.45, 2.75) is 51.1 Å². The number of hydrogen-bond acceptors (Lipinski definition) is 5. The summed E-state index contributed by atoms with van der Waals surface area (Å²) < 4.78 is 5.21. The Morgan fingerprint density at radius 1 is 1.16 bits per heavy atom. The zero-order valence-electron chi connectivity index (χ0n) is 18.4. The van der Waals surface area contributed by atoms with Crippen LogP contribution in [-0.4, -0.2) is 59.3 Å². The molecule has 31 heavy (non-hydrogen) atoms. The van der Waals surface area contributed by atoms with E-state index in [-0.39, 0.29) is 5.84 Å². The number of amides is 1. The highest BCUT2D eigenvalue weighted by molar-refractivity contribution is 6.39. The lowest BCUT2D eigenvalue weighted by atomic mass is 9.94. The van der Waals surface area contributed by atoms with E-state index in [0.717, 1.165) is 30.0 Å². The fourth-order valence-electron chi connectivity index (χ4n) is 4.01. The molecule has 1 N–H and O–H groups in total. The molecule has 0 spiro atoms. The maximum atomic E-state index is 13.2. The van der Waals surface area contributed by atoms with E-state index in [2.05, 4.69) is 15.0 Å². The van der Waals surface area contributed by atoms with E-state index in [1.807, 2.05) is 55.6 Å². The number of rotatable bonds is 4. The van der Waals surface area contributed by atoms with Gasteiger partial charge in [-0.3, -0.25) is 4.79 Å². The molecule has 7 heteroatoms. The molecule has 0 bridgehead atoms. The Morgan fingerprint density at radius 2 is 1.87 bits per heavy atom. The van der Waals surface area contributed by atoms with Gasteiger partial charge in [-0.1, -0.05) is 60.9 Å². The van der Waals surface area contributed by atoms with E-state index in [1.165, 1.54) is 19.3 Å². The molecule has 3 rings (SSSR count). The lowest BCUT2D eigenvalue weighted by Gasteiger charge is -2.33. The molecule has 1 aliphatic heterocycles. The molecule has 1 aromatic rings. The summed E-state index contributed by atoms with van der Waals surface area (Å²) in [4.78, 5) is 21.5. The van der Waals surface area contributed by atoms with E-state index >= 15 is 0 Å². The van der Waals surface area contributed by atoms with Crippen LogP contribution in [0.15, 0.2) is 58.7 Å². The summed E-state index contributed by atoms with van der Waals surface area (Å²) in [5, 5.41) is 12.9. The fraction of sp³-hybridized carbons (Fsp3) is 0.458. The summed E-state index contributed by atoms with van der Waals surface area (Å²) in [6.07, 6.45) is 14.3. The summed E-state index contributed by atoms with van der Waals surface area (Å²) in [6, 6.07) is 7.96. The first kappa shape index (κ1) is 22.6. The largest absolute Gasteiger partial charge is 0.497 e. The number of ether oxygens (including phenoxy) is 1. The molecule has 0 atom stereocenters. The van der Waals surface area contributed by atoms with Gasteiger partial charge in [0.1, 0.15) is 11.6 Å². The van der Waals surface area contributed by atoms with Crippen LogP contribution in [0.1, 0.15) is 44.1 Å². The van der Waals surface area contributed by atoms with E-state index in [4.69, 9.17) is 4.74 Å². The van der Waals surface area contributed by atoms with Crippen molar-refractivity contribution in [1.82, 2.24) is 9.80 Å². The van der Waals surface area contributed by atoms with Crippen LogP contribution < -0.4 is 4.74 Å². The number of amidine groups is 2. The first-order valence-electron chi connectivity index (χ1n) is 10.9. The van der Waals surface area contributed by atoms with E-state index in [0.29, 0.717) is 25.6 Å². The Kier molecular flexibility index (Phi) is 8.27. The van der Waals surface area contributed by atoms with E-state index < -0.39 is 5.91 Å². The summed E-state index contributed by atoms with van der Waals surface area (Å²) in [6.45, 7) is 0.761. The summed E-state index contributed by atoms with van der Waals surface area (Å²) in [5.74, 6) is 0.911. The minimum Gasteiger partial charge on any atom is -0.497 e. The number of hydrogen-bond donors (Lipinski definition) is 1. The predicted molar refractivity (Wildman–Crippen MR) is 123 cm³/mol. The van der Waals surface area contributed by atoms with Gasteiger partial charge in [0.15, 0.2) is 0 Å². The third-order valence-corrected chi connectivity index (χ3v) is 5.88. The van der Waals surface area contributed by atoms with Crippen LogP contribution in [0.25, 0.3) is 0 Å². The van der Waals surface area contributed by atoms with Gasteiger partial charge in [0.05, 0.1) is 7.11 Å². The maximum absolute atomic E-state index is 13.2. The smallest absolute Gasteiger partial charge is 0.295 e. The Labute approximate surface area is 184 Å². The number of carbonyl (C=O) groups excluding carboxylic acids is 1. The molecule has 2 aliphatic rings. The number of methoxy groups -OCH3 is 1. The third-order valence-electron chi connectivity index (χ3n) is 5.88. The first-order chi connectivity index (χ1) is 15.1. The zero-order chi connectivity index (χ0) is 22.1. The van der Waals surface area contributed by atoms with Gasteiger partial charge in [-0.15, -0.1) is 0 Å². The molecular formula is C24H32N4O3. The van der Waals surface area contributed by atoms with Crippen molar-refractivity contribution in [3.05, 3.63) is 54.1 Å². The minimum absolute atomic E-state index is 0.185. The quantitative estimate of drug-likeness (QED) is 0.586. The molecule has 1 aromatic carbocycles. The normalized spacial score (nSPS) is 21.9. The highest BCUT2D eigenvalue weighted by atomic mass is 16.5. The summed E-state index contributed by atoms with van der Waals surface area (Å²) >= 11 is 0. The van der Waals surface area contributed by atoms with Crippen molar-refractivity contribution in [3.63, 3.8) is 0 Å². The van der Waals surface area contributed by atoms with Crippen molar-refractivity contribution in [1.29, 1.82) is 0 Å². The Morgan fingerprint density at radius 3 is 2.55 bits per heavy atom. The van der Waals surface area contributed by atoms with Crippen LogP contribution in [0.5, 0.6) is 5.75 Å². The van der Waals surface area contributed by atoms with Gasteiger partial charge in [0.25, 0.3) is 11.7 Å². The van der Waals surface area contributed by atoms with Gasteiger partial charge in [0.2, 0.25) is 0 Å². The maximum Gasteiger partial charge on any atom is 0.295 e. The van der Waals surface area contributed by atoms with Crippen LogP contribution in [-0.2, 0) is 11.3 Å². The average Bonchev–Trinajstić information content (AvgIpc) is 2.85. The number of oxime groups is 1. The third kappa shape index (κ3) is 6.20. The van der Waals surface area contributed by atoms with E-state index in [9.17, 15) is 10.0 Å². The zero-order valence-corrected chi connectivity index (χ0v) is 18.4. The van der Waals surface area contributed by atoms with Gasteiger partial charge in [-0.05, 0) is 30.5 Å². The Hall–Kier alpha value is -3.09. The highest BCUT2D eigenvalue weighted by Gasteiger charge is 2.24. The fourth-order valence-corrected chi connectivity index (χ4v) is 4.01. The molecular weight excluding hydrogens is 392 g/mol. The van der Waals surface area contributed by atoms with Crippen molar-refractivity contribution in [2.75, 3.05) is 20.7 Å². The second-order valence-corrected chi connectivity index (χ2v) is 7.95. The van der Waals surface area contributed by atoms with Gasteiger partial charge >= 0.3 is 0 Å². The SMILES string of the molecule is COc1ccc(CN2C/C=C\C=C/CC(N(C)C3CCCCC3)=N/C(=N/O)C2=O)cc1. The van der Waals surface area contributed by atoms with Crippen LogP contribution in [0, 0.1) is 0 Å². The molecule has 166 valence electrons. The molecule has 1 aliphatic carbocycles. The molecule has 1 amide bonds. The van der Waals surface area contributed by atoms with Gasteiger partial charge in [0, 0.05) is 32.6 Å². The Bertz CT molecular complexity index is 852. The molecule has 7 nitrogen and oxygen atoms in total. The first-order valence-corrected chi connectivity index (χ1v) is 10.9.